The highest BCUT2D eigenvalue weighted by atomic mass is 32.1. The predicted molar refractivity (Wildman–Crippen MR) is 98.9 cm³/mol. The fourth-order valence-corrected chi connectivity index (χ4v) is 4.18. The van der Waals surface area contributed by atoms with Crippen LogP contribution in [0.3, 0.4) is 0 Å². The molecule has 3 rings (SSSR count). The maximum atomic E-state index is 12.6. The molecule has 2 aromatic rings. The van der Waals surface area contributed by atoms with Crippen LogP contribution in [0, 0.1) is 0 Å². The molecule has 0 fully saturated rings. The molecule has 0 bridgehead atoms. The Labute approximate surface area is 165 Å². The molecule has 2 aromatic heterocycles. The first-order valence-corrected chi connectivity index (χ1v) is 9.77. The summed E-state index contributed by atoms with van der Waals surface area (Å²) >= 11 is 1.38. The Balaban J connectivity index is 1.65. The number of amides is 1. The molecule has 0 aromatic carbocycles. The van der Waals surface area contributed by atoms with Gasteiger partial charge in [0.05, 0.1) is 11.7 Å². The molecule has 0 spiro atoms. The van der Waals surface area contributed by atoms with Crippen molar-refractivity contribution in [2.75, 3.05) is 11.9 Å². The number of carbonyl (C=O) groups is 3. The van der Waals surface area contributed by atoms with Gasteiger partial charge in [0.25, 0.3) is 5.91 Å². The fourth-order valence-electron chi connectivity index (χ4n) is 2.88. The number of anilines is 1. The Hall–Kier alpha value is -2.82. The second kappa shape index (κ2) is 8.91. The third-order valence-corrected chi connectivity index (χ3v) is 5.23. The summed E-state index contributed by atoms with van der Waals surface area (Å²) in [6.45, 7) is 2.89. The summed E-state index contributed by atoms with van der Waals surface area (Å²) in [6, 6.07) is 0. The number of tetrazole rings is 1. The summed E-state index contributed by atoms with van der Waals surface area (Å²) in [5.41, 5.74) is 1.37. The van der Waals surface area contributed by atoms with Gasteiger partial charge in [-0.15, -0.1) is 16.4 Å². The fraction of sp³-hybridized carbons (Fsp3) is 0.529. The molecule has 1 aliphatic rings. The van der Waals surface area contributed by atoms with Gasteiger partial charge in [-0.25, -0.2) is 9.48 Å². The first kappa shape index (κ1) is 19.9. The van der Waals surface area contributed by atoms with Crippen LogP contribution in [0.5, 0.6) is 0 Å². The number of aromatic nitrogens is 4. The molecule has 28 heavy (non-hydrogen) atoms. The molecule has 0 radical (unpaired) electrons. The standard InChI is InChI=1S/C17H21N5O5S/c1-10(2)27-17(25)15-11-5-3-4-6-12(11)28-16(15)19-13(23)8-26-14(24)7-22-9-18-20-21-22/h9-10H,3-8H2,1-2H3,(H,19,23). The van der Waals surface area contributed by atoms with Crippen LogP contribution in [-0.4, -0.2) is 50.8 Å². The topological polar surface area (TPSA) is 125 Å². The summed E-state index contributed by atoms with van der Waals surface area (Å²) in [5.74, 6) is -1.62. The summed E-state index contributed by atoms with van der Waals surface area (Å²) in [6.07, 6.45) is 4.71. The summed E-state index contributed by atoms with van der Waals surface area (Å²) < 4.78 is 11.5. The van der Waals surface area contributed by atoms with Gasteiger partial charge in [-0.2, -0.15) is 0 Å². The average molecular weight is 407 g/mol. The van der Waals surface area contributed by atoms with Crippen molar-refractivity contribution < 1.29 is 23.9 Å². The number of ether oxygens (including phenoxy) is 2. The molecule has 0 saturated heterocycles. The van der Waals surface area contributed by atoms with Crippen molar-refractivity contribution in [1.29, 1.82) is 0 Å². The SMILES string of the molecule is CC(C)OC(=O)c1c(NC(=O)COC(=O)Cn2cnnn2)sc2c1CCCC2. The second-order valence-electron chi connectivity index (χ2n) is 6.59. The molecule has 0 atom stereocenters. The molecule has 0 aliphatic heterocycles. The Morgan fingerprint density at radius 2 is 2.07 bits per heavy atom. The van der Waals surface area contributed by atoms with Crippen LogP contribution in [0.4, 0.5) is 5.00 Å². The van der Waals surface area contributed by atoms with Crippen LogP contribution >= 0.6 is 11.3 Å². The average Bonchev–Trinajstić information content (AvgIpc) is 3.26. The lowest BCUT2D eigenvalue weighted by atomic mass is 9.95. The van der Waals surface area contributed by atoms with Crippen LogP contribution < -0.4 is 5.32 Å². The largest absolute Gasteiger partial charge is 0.459 e. The summed E-state index contributed by atoms with van der Waals surface area (Å²) in [7, 11) is 0. The van der Waals surface area contributed by atoms with Gasteiger partial charge in [-0.1, -0.05) is 0 Å². The number of esters is 2. The van der Waals surface area contributed by atoms with Crippen LogP contribution in [0.2, 0.25) is 0 Å². The lowest BCUT2D eigenvalue weighted by Crippen LogP contribution is -2.24. The summed E-state index contributed by atoms with van der Waals surface area (Å²) in [4.78, 5) is 37.6. The lowest BCUT2D eigenvalue weighted by Gasteiger charge is -2.14. The molecular weight excluding hydrogens is 386 g/mol. The Bertz CT molecular complexity index is 862. The minimum Gasteiger partial charge on any atom is -0.459 e. The number of nitrogens with zero attached hydrogens (tertiary/aromatic N) is 4. The van der Waals surface area contributed by atoms with E-state index in [9.17, 15) is 14.4 Å². The number of nitrogens with one attached hydrogen (secondary N) is 1. The maximum absolute atomic E-state index is 12.6. The van der Waals surface area contributed by atoms with Gasteiger partial charge in [-0.3, -0.25) is 9.59 Å². The molecule has 150 valence electrons. The van der Waals surface area contributed by atoms with E-state index in [-0.39, 0.29) is 12.6 Å². The normalized spacial score (nSPS) is 13.1. The van der Waals surface area contributed by atoms with Gasteiger partial charge in [0.15, 0.2) is 6.61 Å². The van der Waals surface area contributed by atoms with Gasteiger partial charge < -0.3 is 14.8 Å². The van der Waals surface area contributed by atoms with Crippen LogP contribution in [0.25, 0.3) is 0 Å². The van der Waals surface area contributed by atoms with Crippen molar-refractivity contribution in [3.63, 3.8) is 0 Å². The van der Waals surface area contributed by atoms with Crippen LogP contribution in [0.1, 0.15) is 47.5 Å². The smallest absolute Gasteiger partial charge is 0.341 e. The Morgan fingerprint density at radius 1 is 1.29 bits per heavy atom. The predicted octanol–water partition coefficient (Wildman–Crippen LogP) is 1.36. The van der Waals surface area contributed by atoms with E-state index in [4.69, 9.17) is 9.47 Å². The first-order valence-electron chi connectivity index (χ1n) is 8.95. The van der Waals surface area contributed by atoms with Crippen LogP contribution in [-0.2, 0) is 38.4 Å². The highest BCUT2D eigenvalue weighted by molar-refractivity contribution is 7.17. The number of aryl methyl sites for hydroxylation is 1. The number of rotatable bonds is 7. The van der Waals surface area contributed by atoms with E-state index < -0.39 is 24.5 Å². The monoisotopic (exact) mass is 407 g/mol. The quantitative estimate of drug-likeness (QED) is 0.682. The van der Waals surface area contributed by atoms with Gasteiger partial charge in [0.2, 0.25) is 0 Å². The van der Waals surface area contributed by atoms with E-state index in [1.807, 2.05) is 0 Å². The van der Waals surface area contributed by atoms with E-state index in [2.05, 4.69) is 20.8 Å². The van der Waals surface area contributed by atoms with Gasteiger partial charge >= 0.3 is 11.9 Å². The molecule has 10 nitrogen and oxygen atoms in total. The van der Waals surface area contributed by atoms with E-state index in [0.717, 1.165) is 36.1 Å². The zero-order valence-electron chi connectivity index (χ0n) is 15.6. The van der Waals surface area contributed by atoms with E-state index in [1.165, 1.54) is 22.3 Å². The molecule has 1 aliphatic carbocycles. The van der Waals surface area contributed by atoms with E-state index in [0.29, 0.717) is 10.6 Å². The lowest BCUT2D eigenvalue weighted by molar-refractivity contribution is -0.148. The van der Waals surface area contributed by atoms with Crippen molar-refractivity contribution in [1.82, 2.24) is 20.2 Å². The summed E-state index contributed by atoms with van der Waals surface area (Å²) in [5, 5.41) is 13.5. The maximum Gasteiger partial charge on any atom is 0.341 e. The molecule has 0 saturated carbocycles. The van der Waals surface area contributed by atoms with Crippen LogP contribution in [0.15, 0.2) is 6.33 Å². The van der Waals surface area contributed by atoms with Gasteiger partial charge in [-0.05, 0) is 55.5 Å². The number of hydrogen-bond acceptors (Lipinski definition) is 9. The third kappa shape index (κ3) is 4.91. The zero-order valence-corrected chi connectivity index (χ0v) is 16.5. The van der Waals surface area contributed by atoms with E-state index in [1.54, 1.807) is 13.8 Å². The molecule has 2 heterocycles. The number of carbonyl (C=O) groups excluding carboxylic acids is 3. The van der Waals surface area contributed by atoms with Crippen molar-refractivity contribution in [3.05, 3.63) is 22.3 Å². The van der Waals surface area contributed by atoms with Gasteiger partial charge in [0, 0.05) is 4.88 Å². The highest BCUT2D eigenvalue weighted by Crippen LogP contribution is 2.38. The van der Waals surface area contributed by atoms with Gasteiger partial charge in [0.1, 0.15) is 17.9 Å². The molecule has 11 heteroatoms. The number of fused-ring (bicyclic) bond motifs is 1. The number of thiophene rings is 1. The molecular formula is C17H21N5O5S. The third-order valence-electron chi connectivity index (χ3n) is 4.02. The second-order valence-corrected chi connectivity index (χ2v) is 7.69. The minimum atomic E-state index is -0.646. The van der Waals surface area contributed by atoms with Crippen molar-refractivity contribution in [2.24, 2.45) is 0 Å². The minimum absolute atomic E-state index is 0.195. The number of hydrogen-bond donors (Lipinski definition) is 1. The zero-order chi connectivity index (χ0) is 20.1. The Morgan fingerprint density at radius 3 is 2.79 bits per heavy atom. The highest BCUT2D eigenvalue weighted by Gasteiger charge is 2.28. The Kier molecular flexibility index (Phi) is 6.34. The first-order chi connectivity index (χ1) is 13.4. The van der Waals surface area contributed by atoms with Crippen molar-refractivity contribution >= 4 is 34.2 Å². The van der Waals surface area contributed by atoms with Crippen molar-refractivity contribution in [3.8, 4) is 0 Å². The molecule has 1 N–H and O–H groups in total. The van der Waals surface area contributed by atoms with Crippen molar-refractivity contribution in [2.45, 2.75) is 52.2 Å². The molecule has 1 amide bonds. The van der Waals surface area contributed by atoms with E-state index >= 15 is 0 Å². The molecule has 0 unspecified atom stereocenters.